The first-order valence-corrected chi connectivity index (χ1v) is 11.2. The van der Waals surface area contributed by atoms with Crippen molar-refractivity contribution in [2.45, 2.75) is 43.7 Å². The molecular weight excluding hydrogens is 450 g/mol. The maximum atomic E-state index is 12.9. The molecule has 11 heteroatoms. The van der Waals surface area contributed by atoms with Crippen molar-refractivity contribution in [2.75, 3.05) is 11.9 Å². The van der Waals surface area contributed by atoms with E-state index in [1.165, 1.54) is 23.6 Å². The van der Waals surface area contributed by atoms with Crippen molar-refractivity contribution >= 4 is 41.2 Å². The molecule has 0 radical (unpaired) electrons. The summed E-state index contributed by atoms with van der Waals surface area (Å²) in [7, 11) is 0. The van der Waals surface area contributed by atoms with Crippen LogP contribution in [0.15, 0.2) is 34.8 Å². The Morgan fingerprint density at radius 1 is 1.30 bits per heavy atom. The van der Waals surface area contributed by atoms with Crippen molar-refractivity contribution < 1.29 is 40.0 Å². The number of carboxylic acid groups (broad SMARTS) is 2. The highest BCUT2D eigenvalue weighted by molar-refractivity contribution is 8.03. The summed E-state index contributed by atoms with van der Waals surface area (Å²) < 4.78 is 31.5. The average Bonchev–Trinajstić information content (AvgIpc) is 3.37. The minimum atomic E-state index is -1.62. The van der Waals surface area contributed by atoms with Gasteiger partial charge in [0.2, 0.25) is 11.8 Å². The first kappa shape index (κ1) is 18.5. The fraction of sp³-hybridized carbons (Fsp3) is 0.455. The van der Waals surface area contributed by atoms with Crippen molar-refractivity contribution in [2.24, 2.45) is 11.8 Å². The third-order valence-electron chi connectivity index (χ3n) is 6.10. The van der Waals surface area contributed by atoms with Crippen molar-refractivity contribution in [3.63, 3.8) is 0 Å². The predicted molar refractivity (Wildman–Crippen MR) is 119 cm³/mol. The molecule has 3 aliphatic heterocycles. The van der Waals surface area contributed by atoms with Crippen LogP contribution in [-0.4, -0.2) is 74.0 Å². The largest absolute Gasteiger partial charge is 0.478 e. The number of nitrogens with one attached hydrogen (secondary N) is 2. The number of carboxylic acids is 2. The van der Waals surface area contributed by atoms with Crippen LogP contribution in [0.5, 0.6) is 0 Å². The van der Waals surface area contributed by atoms with E-state index in [0.717, 1.165) is 0 Å². The normalized spacial score (nSPS) is 31.2. The van der Waals surface area contributed by atoms with E-state index in [-0.39, 0.29) is 23.3 Å². The zero-order chi connectivity index (χ0) is 27.5. The van der Waals surface area contributed by atoms with Gasteiger partial charge in [-0.15, -0.1) is 11.8 Å². The molecule has 2 unspecified atom stereocenters. The van der Waals surface area contributed by atoms with E-state index in [1.54, 1.807) is 6.92 Å². The van der Waals surface area contributed by atoms with E-state index in [9.17, 15) is 34.5 Å². The lowest BCUT2D eigenvalue weighted by molar-refractivity contribution is -0.163. The van der Waals surface area contributed by atoms with E-state index < -0.39 is 83.3 Å². The van der Waals surface area contributed by atoms with Gasteiger partial charge in [0.05, 0.1) is 35.2 Å². The Hall–Kier alpha value is -2.89. The molecule has 3 heterocycles. The smallest absolute Gasteiger partial charge is 0.353 e. The van der Waals surface area contributed by atoms with Crippen LogP contribution in [0.3, 0.4) is 0 Å². The predicted octanol–water partition coefficient (Wildman–Crippen LogP) is 0.941. The molecule has 2 fully saturated rings. The number of benzene rings is 1. The summed E-state index contributed by atoms with van der Waals surface area (Å²) in [4.78, 5) is 50.6. The van der Waals surface area contributed by atoms with Crippen LogP contribution in [0.1, 0.15) is 36.1 Å². The van der Waals surface area contributed by atoms with Crippen LogP contribution in [-0.2, 0) is 14.4 Å². The molecule has 5 N–H and O–H groups in total. The van der Waals surface area contributed by atoms with E-state index in [4.69, 9.17) is 5.48 Å². The lowest BCUT2D eigenvalue weighted by atomic mass is 9.79. The first-order chi connectivity index (χ1) is 17.3. The molecule has 0 aromatic heterocycles. The van der Waals surface area contributed by atoms with E-state index in [2.05, 4.69) is 10.6 Å². The molecule has 3 aliphatic rings. The maximum absolute atomic E-state index is 12.9. The zero-order valence-corrected chi connectivity index (χ0v) is 18.5. The monoisotopic (exact) mass is 479 g/mol. The SMILES string of the molecule is [2H]c1c([2H])c(NC(=O)[C@@H]2CC(SC3=C(C(=O)O)N4C(=O)[C@H](C(C)O)[C@H]4[C@H]3C)CN2)c([2H])c(C(=O)O)c1[2H]. The topological polar surface area (TPSA) is 156 Å². The summed E-state index contributed by atoms with van der Waals surface area (Å²) in [5, 5.41) is 34.1. The van der Waals surface area contributed by atoms with Crippen LogP contribution in [0.2, 0.25) is 0 Å². The Labute approximate surface area is 199 Å². The highest BCUT2D eigenvalue weighted by Gasteiger charge is 2.60. The number of anilines is 1. The number of aliphatic carboxylic acids is 1. The summed E-state index contributed by atoms with van der Waals surface area (Å²) in [6, 6.07) is -4.17. The molecular formula is C22H25N3O7S. The van der Waals surface area contributed by atoms with Gasteiger partial charge >= 0.3 is 11.9 Å². The number of β-lactam (4-membered cyclic amide) rings is 1. The van der Waals surface area contributed by atoms with Gasteiger partial charge in [-0.2, -0.15) is 0 Å². The van der Waals surface area contributed by atoms with Gasteiger partial charge in [-0.3, -0.25) is 9.59 Å². The van der Waals surface area contributed by atoms with Crippen LogP contribution in [0.4, 0.5) is 5.69 Å². The van der Waals surface area contributed by atoms with E-state index in [1.807, 2.05) is 0 Å². The average molecular weight is 480 g/mol. The maximum Gasteiger partial charge on any atom is 0.353 e. The highest BCUT2D eigenvalue weighted by Crippen LogP contribution is 2.51. The molecule has 0 saturated carbocycles. The number of nitrogens with zero attached hydrogens (tertiary/aromatic N) is 1. The number of aromatic carboxylic acids is 1. The van der Waals surface area contributed by atoms with Crippen molar-refractivity contribution in [3.8, 4) is 0 Å². The molecule has 2 amide bonds. The molecule has 0 spiro atoms. The molecule has 0 aliphatic carbocycles. The summed E-state index contributed by atoms with van der Waals surface area (Å²) >= 11 is 1.24. The van der Waals surface area contributed by atoms with Gasteiger partial charge in [0, 0.05) is 28.3 Å². The zero-order valence-electron chi connectivity index (χ0n) is 21.7. The van der Waals surface area contributed by atoms with Gasteiger partial charge in [-0.1, -0.05) is 13.0 Å². The van der Waals surface area contributed by atoms with Gasteiger partial charge in [-0.25, -0.2) is 9.59 Å². The molecule has 2 saturated heterocycles. The highest BCUT2D eigenvalue weighted by atomic mass is 32.2. The van der Waals surface area contributed by atoms with Crippen LogP contribution in [0.25, 0.3) is 0 Å². The van der Waals surface area contributed by atoms with E-state index in [0.29, 0.717) is 11.4 Å². The second-order valence-electron chi connectivity index (χ2n) is 8.25. The van der Waals surface area contributed by atoms with Gasteiger partial charge in [0.15, 0.2) is 0 Å². The number of aliphatic hydroxyl groups excluding tert-OH is 1. The number of rotatable bonds is 7. The molecule has 0 bridgehead atoms. The number of fused-ring (bicyclic) bond motifs is 1. The van der Waals surface area contributed by atoms with Gasteiger partial charge in [0.1, 0.15) is 5.70 Å². The van der Waals surface area contributed by atoms with Crippen molar-refractivity contribution in [1.82, 2.24) is 10.2 Å². The molecule has 1 aromatic carbocycles. The number of carbonyl (C=O) groups excluding carboxylic acids is 2. The molecule has 4 rings (SSSR count). The van der Waals surface area contributed by atoms with Crippen molar-refractivity contribution in [1.29, 1.82) is 0 Å². The fourth-order valence-electron chi connectivity index (χ4n) is 4.57. The van der Waals surface area contributed by atoms with Gasteiger partial charge in [-0.05, 0) is 31.5 Å². The summed E-state index contributed by atoms with van der Waals surface area (Å²) in [5.74, 6) is -4.99. The molecule has 10 nitrogen and oxygen atoms in total. The standard InChI is InChI=1S/C22H25N3O7S/c1-9-16-15(10(2)26)20(28)25(16)17(22(31)32)18(9)33-13-7-14(23-8-13)19(27)24-12-5-3-4-11(6-12)21(29)30/h3-6,9-10,13-16,23,26H,7-8H2,1-2H3,(H,24,27)(H,29,30)(H,31,32)/t9-,10?,13?,14+,15-,16-/m1/s1/i3D,4D,5D,6D. The minimum Gasteiger partial charge on any atom is -0.478 e. The number of hydrogen-bond donors (Lipinski definition) is 5. The van der Waals surface area contributed by atoms with Crippen molar-refractivity contribution in [3.05, 3.63) is 40.3 Å². The Kier molecular flexibility index (Phi) is 4.94. The Bertz CT molecular complexity index is 1260. The summed E-state index contributed by atoms with van der Waals surface area (Å²) in [6.07, 6.45) is -0.690. The number of hydrogen-bond acceptors (Lipinski definition) is 7. The molecule has 176 valence electrons. The Morgan fingerprint density at radius 2 is 2.03 bits per heavy atom. The molecule has 33 heavy (non-hydrogen) atoms. The number of carbonyl (C=O) groups is 4. The first-order valence-electron chi connectivity index (χ1n) is 12.3. The second kappa shape index (κ2) is 8.81. The fourth-order valence-corrected chi connectivity index (χ4v) is 6.05. The summed E-state index contributed by atoms with van der Waals surface area (Å²) in [6.45, 7) is 3.60. The Balaban J connectivity index is 1.50. The van der Waals surface area contributed by atoms with Gasteiger partial charge in [0.25, 0.3) is 0 Å². The number of amides is 2. The van der Waals surface area contributed by atoms with Gasteiger partial charge < -0.3 is 30.9 Å². The van der Waals surface area contributed by atoms with Crippen LogP contribution in [0, 0.1) is 11.8 Å². The quantitative estimate of drug-likeness (QED) is 0.359. The lowest BCUT2D eigenvalue weighted by Crippen LogP contribution is -2.63. The molecule has 1 aromatic rings. The third kappa shape index (κ3) is 4.11. The Morgan fingerprint density at radius 3 is 2.67 bits per heavy atom. The number of thioether (sulfide) groups is 1. The lowest BCUT2D eigenvalue weighted by Gasteiger charge is -2.46. The third-order valence-corrected chi connectivity index (χ3v) is 7.61. The second-order valence-corrected chi connectivity index (χ2v) is 9.59. The summed E-state index contributed by atoms with van der Waals surface area (Å²) in [5.41, 5.74) is -1.38. The minimum absolute atomic E-state index is 0.116. The molecule has 6 atom stereocenters. The van der Waals surface area contributed by atoms with E-state index >= 15 is 0 Å². The van der Waals surface area contributed by atoms with Crippen LogP contribution < -0.4 is 10.6 Å². The van der Waals surface area contributed by atoms with Crippen LogP contribution >= 0.6 is 11.8 Å². The number of aliphatic hydroxyl groups is 1.